The first-order valence-corrected chi connectivity index (χ1v) is 11.8. The fourth-order valence-corrected chi connectivity index (χ4v) is 4.62. The Balaban J connectivity index is 1.34. The Morgan fingerprint density at radius 1 is 0.917 bits per heavy atom. The molecular weight excluding hydrogens is 458 g/mol. The van der Waals surface area contributed by atoms with Crippen LogP contribution in [0.15, 0.2) is 78.9 Å². The molecule has 2 heterocycles. The fraction of sp³-hybridized carbons (Fsp3) is 0.250. The van der Waals surface area contributed by atoms with E-state index in [0.717, 1.165) is 16.0 Å². The van der Waals surface area contributed by atoms with Gasteiger partial charge in [-0.3, -0.25) is 14.5 Å². The van der Waals surface area contributed by atoms with Gasteiger partial charge in [-0.05, 0) is 28.8 Å². The second-order valence-electron chi connectivity index (χ2n) is 8.98. The summed E-state index contributed by atoms with van der Waals surface area (Å²) in [5, 5.41) is 2.90. The number of fused-ring (bicyclic) bond motifs is 1. The van der Waals surface area contributed by atoms with Gasteiger partial charge in [0.25, 0.3) is 5.91 Å². The molecule has 0 saturated carbocycles. The van der Waals surface area contributed by atoms with Crippen molar-refractivity contribution in [2.24, 2.45) is 0 Å². The summed E-state index contributed by atoms with van der Waals surface area (Å²) < 4.78 is 11.2. The summed E-state index contributed by atoms with van der Waals surface area (Å²) in [4.78, 5) is 42.4. The summed E-state index contributed by atoms with van der Waals surface area (Å²) >= 11 is 0. The summed E-state index contributed by atoms with van der Waals surface area (Å²) in [5.74, 6) is 0.525. The number of amides is 4. The number of urea groups is 1. The lowest BCUT2D eigenvalue weighted by molar-refractivity contribution is -0.138. The van der Waals surface area contributed by atoms with E-state index in [-0.39, 0.29) is 18.9 Å². The maximum Gasteiger partial charge on any atom is 0.325 e. The fourth-order valence-electron chi connectivity index (χ4n) is 4.62. The van der Waals surface area contributed by atoms with Crippen LogP contribution >= 0.6 is 0 Å². The molecule has 0 aromatic heterocycles. The quantitative estimate of drug-likeness (QED) is 0.520. The van der Waals surface area contributed by atoms with Gasteiger partial charge in [0.1, 0.15) is 19.8 Å². The molecule has 8 nitrogen and oxygen atoms in total. The van der Waals surface area contributed by atoms with Crippen molar-refractivity contribution in [2.45, 2.75) is 18.5 Å². The molecule has 36 heavy (non-hydrogen) atoms. The van der Waals surface area contributed by atoms with Crippen molar-refractivity contribution < 1.29 is 23.9 Å². The van der Waals surface area contributed by atoms with Crippen LogP contribution in [0.1, 0.15) is 16.7 Å². The molecule has 8 heteroatoms. The monoisotopic (exact) mass is 485 g/mol. The molecule has 1 fully saturated rings. The number of ether oxygens (including phenoxy) is 2. The molecule has 5 rings (SSSR count). The highest BCUT2D eigenvalue weighted by molar-refractivity contribution is 6.09. The SMILES string of the molecule is CN(Cc1ccc2c(c1)OCCO2)C(=O)CN1C(=O)N[C@](Cc2ccccc2)(c2ccccc2)C1=O. The maximum absolute atomic E-state index is 13.8. The smallest absolute Gasteiger partial charge is 0.325 e. The minimum Gasteiger partial charge on any atom is -0.486 e. The van der Waals surface area contributed by atoms with Crippen LogP contribution in [0.3, 0.4) is 0 Å². The number of rotatable bonds is 7. The molecule has 0 bridgehead atoms. The van der Waals surface area contributed by atoms with Crippen LogP contribution in [-0.4, -0.2) is 54.5 Å². The minimum atomic E-state index is -1.28. The average Bonchev–Trinajstić information content (AvgIpc) is 3.14. The van der Waals surface area contributed by atoms with Crippen molar-refractivity contribution in [1.82, 2.24) is 15.1 Å². The number of imide groups is 1. The zero-order valence-corrected chi connectivity index (χ0v) is 20.0. The van der Waals surface area contributed by atoms with E-state index in [1.807, 2.05) is 78.9 Å². The molecule has 0 radical (unpaired) electrons. The number of likely N-dealkylation sites (N-methyl/N-ethyl adjacent to an activating group) is 1. The van der Waals surface area contributed by atoms with E-state index in [1.165, 1.54) is 4.90 Å². The Morgan fingerprint density at radius 2 is 1.58 bits per heavy atom. The van der Waals surface area contributed by atoms with Crippen LogP contribution < -0.4 is 14.8 Å². The number of benzene rings is 3. The second-order valence-corrected chi connectivity index (χ2v) is 8.98. The molecular formula is C28H27N3O5. The Labute approximate surface area is 209 Å². The van der Waals surface area contributed by atoms with Gasteiger partial charge in [-0.15, -0.1) is 0 Å². The van der Waals surface area contributed by atoms with Crippen LogP contribution in [0.25, 0.3) is 0 Å². The highest BCUT2D eigenvalue weighted by Gasteiger charge is 2.52. The first-order chi connectivity index (χ1) is 17.5. The predicted molar refractivity (Wildman–Crippen MR) is 132 cm³/mol. The first-order valence-electron chi connectivity index (χ1n) is 11.8. The van der Waals surface area contributed by atoms with Gasteiger partial charge >= 0.3 is 6.03 Å². The van der Waals surface area contributed by atoms with Gasteiger partial charge in [-0.25, -0.2) is 4.79 Å². The summed E-state index contributed by atoms with van der Waals surface area (Å²) in [6.45, 7) is 0.928. The van der Waals surface area contributed by atoms with Gasteiger partial charge in [-0.2, -0.15) is 0 Å². The zero-order chi connectivity index (χ0) is 25.1. The van der Waals surface area contributed by atoms with Crippen molar-refractivity contribution in [3.63, 3.8) is 0 Å². The van der Waals surface area contributed by atoms with Crippen LogP contribution in [0.5, 0.6) is 11.5 Å². The van der Waals surface area contributed by atoms with E-state index in [1.54, 1.807) is 7.05 Å². The highest BCUT2D eigenvalue weighted by atomic mass is 16.6. The van der Waals surface area contributed by atoms with Crippen molar-refractivity contribution >= 4 is 17.8 Å². The molecule has 1 atom stereocenters. The number of hydrogen-bond donors (Lipinski definition) is 1. The zero-order valence-electron chi connectivity index (χ0n) is 20.0. The summed E-state index contributed by atoms with van der Waals surface area (Å²) in [6.07, 6.45) is 0.278. The van der Waals surface area contributed by atoms with Crippen LogP contribution in [-0.2, 0) is 28.1 Å². The van der Waals surface area contributed by atoms with Crippen LogP contribution in [0.2, 0.25) is 0 Å². The molecule has 184 valence electrons. The molecule has 3 aromatic rings. The molecule has 0 aliphatic carbocycles. The molecule has 1 saturated heterocycles. The molecule has 2 aliphatic heterocycles. The van der Waals surface area contributed by atoms with E-state index >= 15 is 0 Å². The molecule has 0 spiro atoms. The lowest BCUT2D eigenvalue weighted by atomic mass is 9.83. The van der Waals surface area contributed by atoms with Gasteiger partial charge in [0.05, 0.1) is 0 Å². The Kier molecular flexibility index (Phi) is 6.33. The van der Waals surface area contributed by atoms with Gasteiger partial charge in [0.15, 0.2) is 17.0 Å². The third-order valence-electron chi connectivity index (χ3n) is 6.50. The predicted octanol–water partition coefficient (Wildman–Crippen LogP) is 3.11. The second kappa shape index (κ2) is 9.73. The summed E-state index contributed by atoms with van der Waals surface area (Å²) in [5.41, 5.74) is 1.15. The molecule has 2 aliphatic rings. The van der Waals surface area contributed by atoms with E-state index in [2.05, 4.69) is 5.32 Å². The van der Waals surface area contributed by atoms with Gasteiger partial charge in [0, 0.05) is 20.0 Å². The van der Waals surface area contributed by atoms with Crippen LogP contribution in [0.4, 0.5) is 4.79 Å². The van der Waals surface area contributed by atoms with Crippen molar-refractivity contribution in [1.29, 1.82) is 0 Å². The van der Waals surface area contributed by atoms with Crippen molar-refractivity contribution in [3.05, 3.63) is 95.6 Å². The third kappa shape index (κ3) is 4.49. The lowest BCUT2D eigenvalue weighted by Crippen LogP contribution is -2.47. The Morgan fingerprint density at radius 3 is 2.31 bits per heavy atom. The molecule has 3 aromatic carbocycles. The standard InChI is InChI=1S/C28H27N3O5/c1-30(18-21-12-13-23-24(16-21)36-15-14-35-23)25(32)19-31-26(33)28(29-27(31)34,22-10-6-3-7-11-22)17-20-8-4-2-5-9-20/h2-13,16H,14-15,17-19H2,1H3,(H,29,34)/t28-/m1/s1. The largest absolute Gasteiger partial charge is 0.486 e. The minimum absolute atomic E-state index is 0.278. The van der Waals surface area contributed by atoms with E-state index in [9.17, 15) is 14.4 Å². The summed E-state index contributed by atoms with van der Waals surface area (Å²) in [7, 11) is 1.64. The number of carbonyl (C=O) groups excluding carboxylic acids is 3. The first kappa shape index (κ1) is 23.4. The van der Waals surface area contributed by atoms with Gasteiger partial charge in [-0.1, -0.05) is 66.7 Å². The maximum atomic E-state index is 13.8. The Bertz CT molecular complexity index is 1280. The highest BCUT2D eigenvalue weighted by Crippen LogP contribution is 2.33. The number of nitrogens with zero attached hydrogens (tertiary/aromatic N) is 2. The van der Waals surface area contributed by atoms with Gasteiger partial charge < -0.3 is 19.7 Å². The Hall–Kier alpha value is -4.33. The molecule has 4 amide bonds. The molecule has 0 unspecified atom stereocenters. The van der Waals surface area contributed by atoms with Crippen molar-refractivity contribution in [2.75, 3.05) is 26.8 Å². The number of carbonyl (C=O) groups is 3. The van der Waals surface area contributed by atoms with Crippen LogP contribution in [0, 0.1) is 0 Å². The van der Waals surface area contributed by atoms with E-state index in [0.29, 0.717) is 36.8 Å². The third-order valence-corrected chi connectivity index (χ3v) is 6.50. The summed E-state index contributed by atoms with van der Waals surface area (Å²) in [6, 6.07) is 23.6. The normalized spacial score (nSPS) is 18.6. The molecule has 1 N–H and O–H groups in total. The van der Waals surface area contributed by atoms with E-state index < -0.39 is 17.5 Å². The van der Waals surface area contributed by atoms with E-state index in [4.69, 9.17) is 9.47 Å². The lowest BCUT2D eigenvalue weighted by Gasteiger charge is -2.28. The number of nitrogens with one attached hydrogen (secondary N) is 1. The average molecular weight is 486 g/mol. The van der Waals surface area contributed by atoms with Gasteiger partial charge in [0.2, 0.25) is 5.91 Å². The van der Waals surface area contributed by atoms with Crippen molar-refractivity contribution in [3.8, 4) is 11.5 Å². The topological polar surface area (TPSA) is 88.2 Å². The number of hydrogen-bond acceptors (Lipinski definition) is 5.